The van der Waals surface area contributed by atoms with E-state index in [9.17, 15) is 9.18 Å². The standard InChI is InChI=1S/C18H13Cl2FN4O/c19-13-3-1-11(2-4-13)8-22-18-23-9-12(10-24-18)17(26)25-14-5-6-16(21)15(20)7-14/h1-7,9-10H,8H2,(H,25,26)(H,22,23,24). The molecule has 0 bridgehead atoms. The molecule has 0 aliphatic heterocycles. The first-order valence-electron chi connectivity index (χ1n) is 7.58. The molecule has 132 valence electrons. The molecule has 2 aromatic carbocycles. The topological polar surface area (TPSA) is 66.9 Å². The highest BCUT2D eigenvalue weighted by atomic mass is 35.5. The van der Waals surface area contributed by atoms with Gasteiger partial charge in [-0.05, 0) is 35.9 Å². The molecule has 0 unspecified atom stereocenters. The van der Waals surface area contributed by atoms with Gasteiger partial charge in [-0.1, -0.05) is 35.3 Å². The van der Waals surface area contributed by atoms with Crippen LogP contribution in [0.15, 0.2) is 54.9 Å². The summed E-state index contributed by atoms with van der Waals surface area (Å²) in [6.45, 7) is 0.525. The van der Waals surface area contributed by atoms with Gasteiger partial charge < -0.3 is 10.6 Å². The molecule has 2 N–H and O–H groups in total. The summed E-state index contributed by atoms with van der Waals surface area (Å²) >= 11 is 11.5. The van der Waals surface area contributed by atoms with Crippen molar-refractivity contribution in [2.75, 3.05) is 10.6 Å². The van der Waals surface area contributed by atoms with Crippen LogP contribution in [0.4, 0.5) is 16.0 Å². The third kappa shape index (κ3) is 4.68. The van der Waals surface area contributed by atoms with Crippen LogP contribution in [0.3, 0.4) is 0 Å². The van der Waals surface area contributed by atoms with Crippen molar-refractivity contribution in [1.82, 2.24) is 9.97 Å². The number of hydrogen-bond donors (Lipinski definition) is 2. The van der Waals surface area contributed by atoms with Gasteiger partial charge in [0.15, 0.2) is 0 Å². The molecule has 0 saturated heterocycles. The largest absolute Gasteiger partial charge is 0.350 e. The minimum Gasteiger partial charge on any atom is -0.350 e. The first kappa shape index (κ1) is 18.1. The van der Waals surface area contributed by atoms with Gasteiger partial charge in [-0.25, -0.2) is 14.4 Å². The quantitative estimate of drug-likeness (QED) is 0.657. The molecule has 0 saturated carbocycles. The van der Waals surface area contributed by atoms with Crippen molar-refractivity contribution in [2.24, 2.45) is 0 Å². The Morgan fingerprint density at radius 1 is 1.04 bits per heavy atom. The van der Waals surface area contributed by atoms with E-state index in [4.69, 9.17) is 23.2 Å². The van der Waals surface area contributed by atoms with Crippen LogP contribution in [0.5, 0.6) is 0 Å². The van der Waals surface area contributed by atoms with Gasteiger partial charge in [-0.2, -0.15) is 0 Å². The summed E-state index contributed by atoms with van der Waals surface area (Å²) in [5, 5.41) is 6.26. The van der Waals surface area contributed by atoms with Gasteiger partial charge in [0.05, 0.1) is 10.6 Å². The lowest BCUT2D eigenvalue weighted by atomic mass is 10.2. The van der Waals surface area contributed by atoms with Gasteiger partial charge in [-0.3, -0.25) is 4.79 Å². The second-order valence-corrected chi connectivity index (χ2v) is 6.20. The van der Waals surface area contributed by atoms with Crippen molar-refractivity contribution < 1.29 is 9.18 Å². The normalized spacial score (nSPS) is 10.4. The fourth-order valence-corrected chi connectivity index (χ4v) is 2.40. The number of hydrogen-bond acceptors (Lipinski definition) is 4. The van der Waals surface area contributed by atoms with E-state index in [1.54, 1.807) is 12.1 Å². The average molecular weight is 391 g/mol. The number of amides is 1. The van der Waals surface area contributed by atoms with Gasteiger partial charge >= 0.3 is 0 Å². The molecule has 1 aromatic heterocycles. The lowest BCUT2D eigenvalue weighted by Crippen LogP contribution is -2.13. The first-order valence-corrected chi connectivity index (χ1v) is 8.33. The van der Waals surface area contributed by atoms with Crippen LogP contribution in [0.1, 0.15) is 15.9 Å². The Labute approximate surface area is 159 Å². The monoisotopic (exact) mass is 390 g/mol. The number of aromatic nitrogens is 2. The number of nitrogens with zero attached hydrogens (tertiary/aromatic N) is 2. The van der Waals surface area contributed by atoms with E-state index < -0.39 is 11.7 Å². The van der Waals surface area contributed by atoms with Crippen LogP contribution in [-0.4, -0.2) is 15.9 Å². The number of halogens is 3. The van der Waals surface area contributed by atoms with E-state index in [-0.39, 0.29) is 10.6 Å². The van der Waals surface area contributed by atoms with Crippen molar-refractivity contribution >= 4 is 40.7 Å². The van der Waals surface area contributed by atoms with Gasteiger partial charge in [0.25, 0.3) is 5.91 Å². The molecule has 3 rings (SSSR count). The summed E-state index contributed by atoms with van der Waals surface area (Å²) in [7, 11) is 0. The number of carbonyl (C=O) groups is 1. The zero-order chi connectivity index (χ0) is 18.5. The average Bonchev–Trinajstić information content (AvgIpc) is 2.65. The van der Waals surface area contributed by atoms with Crippen molar-refractivity contribution in [3.63, 3.8) is 0 Å². The molecule has 0 aliphatic carbocycles. The Balaban J connectivity index is 1.60. The van der Waals surface area contributed by atoms with Crippen LogP contribution in [-0.2, 0) is 6.54 Å². The molecule has 1 heterocycles. The Kier molecular flexibility index (Phi) is 5.65. The summed E-state index contributed by atoms with van der Waals surface area (Å²) in [4.78, 5) is 20.4. The van der Waals surface area contributed by atoms with Gasteiger partial charge in [0.1, 0.15) is 5.82 Å². The van der Waals surface area contributed by atoms with E-state index in [2.05, 4.69) is 20.6 Å². The third-order valence-corrected chi connectivity index (χ3v) is 4.00. The number of nitrogens with one attached hydrogen (secondary N) is 2. The molecule has 0 radical (unpaired) electrons. The lowest BCUT2D eigenvalue weighted by Gasteiger charge is -2.07. The zero-order valence-electron chi connectivity index (χ0n) is 13.3. The van der Waals surface area contributed by atoms with Crippen molar-refractivity contribution in [1.29, 1.82) is 0 Å². The minimum absolute atomic E-state index is 0.0687. The number of benzene rings is 2. The van der Waals surface area contributed by atoms with Crippen LogP contribution in [0.25, 0.3) is 0 Å². The summed E-state index contributed by atoms with van der Waals surface area (Å²) < 4.78 is 13.1. The smallest absolute Gasteiger partial charge is 0.258 e. The lowest BCUT2D eigenvalue weighted by molar-refractivity contribution is 0.102. The van der Waals surface area contributed by atoms with Crippen LogP contribution in [0.2, 0.25) is 10.0 Å². The molecule has 26 heavy (non-hydrogen) atoms. The van der Waals surface area contributed by atoms with Crippen LogP contribution in [0, 0.1) is 5.82 Å². The maximum Gasteiger partial charge on any atom is 0.258 e. The van der Waals surface area contributed by atoms with E-state index >= 15 is 0 Å². The summed E-state index contributed by atoms with van der Waals surface area (Å²) in [5.74, 6) is -0.581. The second kappa shape index (κ2) is 8.12. The van der Waals surface area contributed by atoms with Crippen LogP contribution < -0.4 is 10.6 Å². The zero-order valence-corrected chi connectivity index (χ0v) is 14.9. The van der Waals surface area contributed by atoms with Crippen molar-refractivity contribution in [3.8, 4) is 0 Å². The maximum absolute atomic E-state index is 13.1. The van der Waals surface area contributed by atoms with Crippen molar-refractivity contribution in [3.05, 3.63) is 81.8 Å². The Morgan fingerprint density at radius 2 is 1.73 bits per heavy atom. The fraction of sp³-hybridized carbons (Fsp3) is 0.0556. The number of anilines is 2. The Bertz CT molecular complexity index is 917. The van der Waals surface area contributed by atoms with Gasteiger partial charge in [0.2, 0.25) is 5.95 Å². The highest BCUT2D eigenvalue weighted by Gasteiger charge is 2.09. The predicted molar refractivity (Wildman–Crippen MR) is 100 cm³/mol. The Morgan fingerprint density at radius 3 is 2.38 bits per heavy atom. The van der Waals surface area contributed by atoms with Gasteiger partial charge in [-0.15, -0.1) is 0 Å². The molecule has 0 spiro atoms. The van der Waals surface area contributed by atoms with Gasteiger partial charge in [0, 0.05) is 29.6 Å². The number of carbonyl (C=O) groups excluding carboxylic acids is 1. The predicted octanol–water partition coefficient (Wildman–Crippen LogP) is 4.79. The maximum atomic E-state index is 13.1. The first-order chi connectivity index (χ1) is 12.5. The molecule has 0 aliphatic rings. The fourth-order valence-electron chi connectivity index (χ4n) is 2.10. The molecular weight excluding hydrogens is 378 g/mol. The van der Waals surface area contributed by atoms with E-state index in [1.165, 1.54) is 30.6 Å². The van der Waals surface area contributed by atoms with E-state index in [0.29, 0.717) is 23.2 Å². The molecular formula is C18H13Cl2FN4O. The Hall–Kier alpha value is -2.70. The third-order valence-electron chi connectivity index (χ3n) is 3.46. The van der Waals surface area contributed by atoms with Crippen molar-refractivity contribution in [2.45, 2.75) is 6.54 Å². The molecule has 0 fully saturated rings. The highest BCUT2D eigenvalue weighted by molar-refractivity contribution is 6.31. The SMILES string of the molecule is O=C(Nc1ccc(F)c(Cl)c1)c1cnc(NCc2ccc(Cl)cc2)nc1. The second-order valence-electron chi connectivity index (χ2n) is 5.36. The highest BCUT2D eigenvalue weighted by Crippen LogP contribution is 2.20. The summed E-state index contributed by atoms with van der Waals surface area (Å²) in [5.41, 5.74) is 1.67. The molecule has 1 amide bonds. The minimum atomic E-state index is -0.552. The van der Waals surface area contributed by atoms with E-state index in [1.807, 2.05) is 12.1 Å². The van der Waals surface area contributed by atoms with E-state index in [0.717, 1.165) is 5.56 Å². The number of rotatable bonds is 5. The molecule has 3 aromatic rings. The summed E-state index contributed by atoms with van der Waals surface area (Å²) in [6, 6.07) is 11.3. The molecule has 5 nitrogen and oxygen atoms in total. The van der Waals surface area contributed by atoms with Crippen LogP contribution >= 0.6 is 23.2 Å². The molecule has 8 heteroatoms. The summed E-state index contributed by atoms with van der Waals surface area (Å²) in [6.07, 6.45) is 2.80. The molecule has 0 atom stereocenters.